The first kappa shape index (κ1) is 23.9. The van der Waals surface area contributed by atoms with E-state index in [0.717, 1.165) is 17.0 Å². The van der Waals surface area contributed by atoms with Gasteiger partial charge in [-0.25, -0.2) is 4.98 Å². The van der Waals surface area contributed by atoms with Gasteiger partial charge in [-0.2, -0.15) is 5.26 Å². The predicted molar refractivity (Wildman–Crippen MR) is 138 cm³/mol. The lowest BCUT2D eigenvalue weighted by atomic mass is 10.1. The standard InChI is InChI=1S/C26H24N4O2S2/c1-17-12-13-30(22-10-6-7-11-23(22)34-17)24(31)16-33-26-19(15-27)14-21(18(2)28-26)25(32)29-20-8-4-3-5-9-20/h3-11,14,17H,12-13,16H2,1-2H3,(H,29,32). The Hall–Kier alpha value is -3.28. The molecule has 4 rings (SSSR count). The zero-order valence-corrected chi connectivity index (χ0v) is 20.6. The van der Waals surface area contributed by atoms with Gasteiger partial charge in [0.25, 0.3) is 5.91 Å². The molecule has 1 N–H and O–H groups in total. The highest BCUT2D eigenvalue weighted by Gasteiger charge is 2.25. The molecule has 6 nitrogen and oxygen atoms in total. The van der Waals surface area contributed by atoms with Crippen LogP contribution in [0.2, 0.25) is 0 Å². The summed E-state index contributed by atoms with van der Waals surface area (Å²) in [5.74, 6) is -0.195. The Balaban J connectivity index is 1.50. The maximum absolute atomic E-state index is 13.2. The highest BCUT2D eigenvalue weighted by molar-refractivity contribution is 8.00. The Morgan fingerprint density at radius 2 is 1.94 bits per heavy atom. The third-order valence-corrected chi connectivity index (χ3v) is 7.66. The van der Waals surface area contributed by atoms with Crippen molar-refractivity contribution in [2.24, 2.45) is 0 Å². The van der Waals surface area contributed by atoms with Crippen molar-refractivity contribution in [3.8, 4) is 6.07 Å². The number of para-hydroxylation sites is 2. The van der Waals surface area contributed by atoms with Crippen molar-refractivity contribution in [2.75, 3.05) is 22.5 Å². The van der Waals surface area contributed by atoms with Crippen molar-refractivity contribution in [3.63, 3.8) is 0 Å². The van der Waals surface area contributed by atoms with E-state index in [0.29, 0.717) is 33.8 Å². The second-order valence-corrected chi connectivity index (χ2v) is 10.4. The number of aryl methyl sites for hydroxylation is 1. The number of nitrogens with zero attached hydrogens (tertiary/aromatic N) is 3. The number of carbonyl (C=O) groups excluding carboxylic acids is 2. The SMILES string of the molecule is Cc1nc(SCC(=O)N2CCC(C)Sc3ccccc32)c(C#N)cc1C(=O)Nc1ccccc1. The summed E-state index contributed by atoms with van der Waals surface area (Å²) in [5.41, 5.74) is 2.72. The molecule has 0 radical (unpaired) electrons. The minimum atomic E-state index is -0.326. The van der Waals surface area contributed by atoms with Crippen LogP contribution < -0.4 is 10.2 Å². The molecule has 1 atom stereocenters. The fourth-order valence-electron chi connectivity index (χ4n) is 3.68. The number of anilines is 2. The van der Waals surface area contributed by atoms with Crippen LogP contribution in [0.25, 0.3) is 0 Å². The fourth-order valence-corrected chi connectivity index (χ4v) is 5.67. The molecule has 34 heavy (non-hydrogen) atoms. The van der Waals surface area contributed by atoms with Gasteiger partial charge in [0.15, 0.2) is 0 Å². The van der Waals surface area contributed by atoms with Gasteiger partial charge < -0.3 is 10.2 Å². The summed E-state index contributed by atoms with van der Waals surface area (Å²) >= 11 is 3.02. The summed E-state index contributed by atoms with van der Waals surface area (Å²) in [5, 5.41) is 13.4. The molecule has 1 aliphatic heterocycles. The molecule has 0 saturated heterocycles. The molecule has 1 unspecified atom stereocenters. The number of thioether (sulfide) groups is 2. The molecular weight excluding hydrogens is 464 g/mol. The third-order valence-electron chi connectivity index (χ3n) is 5.45. The Morgan fingerprint density at radius 3 is 2.71 bits per heavy atom. The number of amides is 2. The lowest BCUT2D eigenvalue weighted by Gasteiger charge is -2.22. The van der Waals surface area contributed by atoms with Crippen molar-refractivity contribution >= 4 is 46.7 Å². The number of pyridine rings is 1. The number of hydrogen-bond donors (Lipinski definition) is 1. The van der Waals surface area contributed by atoms with Crippen LogP contribution >= 0.6 is 23.5 Å². The van der Waals surface area contributed by atoms with Gasteiger partial charge in [0.2, 0.25) is 5.91 Å². The Morgan fingerprint density at radius 1 is 1.21 bits per heavy atom. The zero-order chi connectivity index (χ0) is 24.1. The summed E-state index contributed by atoms with van der Waals surface area (Å²) < 4.78 is 0. The number of aromatic nitrogens is 1. The lowest BCUT2D eigenvalue weighted by molar-refractivity contribution is -0.116. The number of nitrogens with one attached hydrogen (secondary N) is 1. The molecule has 0 bridgehead atoms. The Bertz CT molecular complexity index is 1260. The van der Waals surface area contributed by atoms with E-state index >= 15 is 0 Å². The Kier molecular flexibility index (Phi) is 7.56. The highest BCUT2D eigenvalue weighted by atomic mass is 32.2. The second kappa shape index (κ2) is 10.8. The van der Waals surface area contributed by atoms with E-state index in [1.807, 2.05) is 47.4 Å². The van der Waals surface area contributed by atoms with Crippen LogP contribution in [0.1, 0.15) is 35.0 Å². The first-order chi connectivity index (χ1) is 16.5. The molecule has 0 fully saturated rings. The van der Waals surface area contributed by atoms with Gasteiger partial charge >= 0.3 is 0 Å². The summed E-state index contributed by atoms with van der Waals surface area (Å²) in [4.78, 5) is 33.3. The molecule has 0 aliphatic carbocycles. The number of hydrogen-bond acceptors (Lipinski definition) is 6. The fraction of sp³-hybridized carbons (Fsp3) is 0.231. The molecule has 0 saturated carbocycles. The average Bonchev–Trinajstić information content (AvgIpc) is 3.01. The smallest absolute Gasteiger partial charge is 0.257 e. The molecule has 1 aliphatic rings. The van der Waals surface area contributed by atoms with E-state index in [4.69, 9.17) is 0 Å². The molecule has 8 heteroatoms. The van der Waals surface area contributed by atoms with Crippen molar-refractivity contribution in [1.29, 1.82) is 5.26 Å². The van der Waals surface area contributed by atoms with Gasteiger partial charge in [0, 0.05) is 22.4 Å². The highest BCUT2D eigenvalue weighted by Crippen LogP contribution is 2.37. The monoisotopic (exact) mass is 488 g/mol. The van der Waals surface area contributed by atoms with E-state index in [2.05, 4.69) is 23.3 Å². The quantitative estimate of drug-likeness (QED) is 0.476. The summed E-state index contributed by atoms with van der Waals surface area (Å²) in [6.07, 6.45) is 0.905. The molecule has 2 heterocycles. The number of benzene rings is 2. The third kappa shape index (κ3) is 5.44. The molecule has 0 spiro atoms. The molecule has 3 aromatic rings. The maximum Gasteiger partial charge on any atom is 0.257 e. The second-order valence-electron chi connectivity index (χ2n) is 7.92. The summed E-state index contributed by atoms with van der Waals surface area (Å²) in [7, 11) is 0. The molecule has 2 aromatic carbocycles. The van der Waals surface area contributed by atoms with Gasteiger partial charge in [0.1, 0.15) is 11.1 Å². The largest absolute Gasteiger partial charge is 0.322 e. The van der Waals surface area contributed by atoms with Crippen molar-refractivity contribution < 1.29 is 9.59 Å². The summed E-state index contributed by atoms with van der Waals surface area (Å²) in [6, 6.07) is 20.8. The molecule has 2 amide bonds. The number of rotatable bonds is 5. The van der Waals surface area contributed by atoms with Crippen LogP contribution in [-0.2, 0) is 4.79 Å². The first-order valence-electron chi connectivity index (χ1n) is 10.9. The van der Waals surface area contributed by atoms with Crippen molar-refractivity contribution in [3.05, 3.63) is 77.5 Å². The average molecular weight is 489 g/mol. The number of nitriles is 1. The topological polar surface area (TPSA) is 86.1 Å². The van der Waals surface area contributed by atoms with Crippen LogP contribution in [-0.4, -0.2) is 34.3 Å². The molecule has 1 aromatic heterocycles. The van der Waals surface area contributed by atoms with Crippen LogP contribution in [0.15, 0.2) is 70.6 Å². The van der Waals surface area contributed by atoms with E-state index in [9.17, 15) is 14.9 Å². The normalized spacial score (nSPS) is 15.1. The minimum absolute atomic E-state index is 0.0265. The molecular formula is C26H24N4O2S2. The van der Waals surface area contributed by atoms with Gasteiger partial charge in [-0.05, 0) is 43.7 Å². The Labute approximate surface area is 207 Å². The predicted octanol–water partition coefficient (Wildman–Crippen LogP) is 5.52. The van der Waals surface area contributed by atoms with Crippen LogP contribution in [0.3, 0.4) is 0 Å². The van der Waals surface area contributed by atoms with Crippen molar-refractivity contribution in [1.82, 2.24) is 4.98 Å². The van der Waals surface area contributed by atoms with E-state index in [1.54, 1.807) is 36.9 Å². The van der Waals surface area contributed by atoms with Crippen LogP contribution in [0, 0.1) is 18.3 Å². The minimum Gasteiger partial charge on any atom is -0.322 e. The maximum atomic E-state index is 13.2. The van der Waals surface area contributed by atoms with E-state index < -0.39 is 0 Å². The molecule has 172 valence electrons. The van der Waals surface area contributed by atoms with Crippen molar-refractivity contribution in [2.45, 2.75) is 35.4 Å². The van der Waals surface area contributed by atoms with E-state index in [1.165, 1.54) is 11.8 Å². The zero-order valence-electron chi connectivity index (χ0n) is 18.9. The summed E-state index contributed by atoms with van der Waals surface area (Å²) in [6.45, 7) is 4.56. The number of fused-ring (bicyclic) bond motifs is 1. The van der Waals surface area contributed by atoms with Gasteiger partial charge in [0.05, 0.1) is 28.3 Å². The van der Waals surface area contributed by atoms with Gasteiger partial charge in [-0.1, -0.05) is 49.0 Å². The van der Waals surface area contributed by atoms with Crippen LogP contribution in [0.4, 0.5) is 11.4 Å². The van der Waals surface area contributed by atoms with Gasteiger partial charge in [-0.3, -0.25) is 9.59 Å². The van der Waals surface area contributed by atoms with Gasteiger partial charge in [-0.15, -0.1) is 11.8 Å². The van der Waals surface area contributed by atoms with E-state index in [-0.39, 0.29) is 23.1 Å². The first-order valence-corrected chi connectivity index (χ1v) is 12.8. The lowest BCUT2D eigenvalue weighted by Crippen LogP contribution is -2.33. The van der Waals surface area contributed by atoms with Crippen LogP contribution in [0.5, 0.6) is 0 Å². The number of carbonyl (C=O) groups is 2.